The summed E-state index contributed by atoms with van der Waals surface area (Å²) in [7, 11) is 0. The molecule has 0 N–H and O–H groups in total. The van der Waals surface area contributed by atoms with E-state index < -0.39 is 16.7 Å². The molecular formula is C19H17N3O4. The average Bonchev–Trinajstić information content (AvgIpc) is 2.77. The monoisotopic (exact) mass is 351 g/mol. The molecule has 2 aromatic carbocycles. The normalized spacial score (nSPS) is 14.5. The maximum absolute atomic E-state index is 13.1. The molecule has 4 rings (SSSR count). The van der Waals surface area contributed by atoms with Gasteiger partial charge in [-0.1, -0.05) is 30.3 Å². The van der Waals surface area contributed by atoms with Crippen LogP contribution in [0.2, 0.25) is 0 Å². The summed E-state index contributed by atoms with van der Waals surface area (Å²) >= 11 is 0. The predicted molar refractivity (Wildman–Crippen MR) is 98.8 cm³/mol. The van der Waals surface area contributed by atoms with E-state index in [1.807, 2.05) is 6.07 Å². The van der Waals surface area contributed by atoms with Crippen LogP contribution in [0, 0.1) is 0 Å². The molecule has 26 heavy (non-hydrogen) atoms. The molecule has 0 amide bonds. The molecular weight excluding hydrogens is 334 g/mol. The van der Waals surface area contributed by atoms with Crippen LogP contribution in [0.5, 0.6) is 0 Å². The molecule has 0 spiro atoms. The van der Waals surface area contributed by atoms with Crippen LogP contribution in [0.1, 0.15) is 0 Å². The Morgan fingerprint density at radius 3 is 2.12 bits per heavy atom. The van der Waals surface area contributed by atoms with Gasteiger partial charge in [0.25, 0.3) is 5.56 Å². The number of hydrogen-bond acceptors (Lipinski definition) is 5. The fourth-order valence-corrected chi connectivity index (χ4v) is 3.20. The van der Waals surface area contributed by atoms with Crippen molar-refractivity contribution in [3.05, 3.63) is 85.7 Å². The van der Waals surface area contributed by atoms with Crippen LogP contribution < -0.4 is 21.7 Å². The number of para-hydroxylation sites is 2. The van der Waals surface area contributed by atoms with Crippen molar-refractivity contribution in [2.75, 3.05) is 31.3 Å². The van der Waals surface area contributed by atoms with Crippen LogP contribution in [0.25, 0.3) is 16.6 Å². The number of nitrogens with zero attached hydrogens (tertiary/aromatic N) is 3. The largest absolute Gasteiger partial charge is 0.378 e. The third-order valence-electron chi connectivity index (χ3n) is 4.43. The van der Waals surface area contributed by atoms with Crippen molar-refractivity contribution in [1.29, 1.82) is 0 Å². The maximum atomic E-state index is 13.1. The van der Waals surface area contributed by atoms with Gasteiger partial charge < -0.3 is 9.75 Å². The van der Waals surface area contributed by atoms with Crippen molar-refractivity contribution in [3.63, 3.8) is 0 Å². The summed E-state index contributed by atoms with van der Waals surface area (Å²) in [5.41, 5.74) is -1.19. The predicted octanol–water partition coefficient (Wildman–Crippen LogP) is 0.481. The zero-order valence-corrected chi connectivity index (χ0v) is 14.0. The minimum absolute atomic E-state index is 0.307. The van der Waals surface area contributed by atoms with E-state index >= 15 is 0 Å². The van der Waals surface area contributed by atoms with Crippen LogP contribution in [0.4, 0.5) is 0 Å². The van der Waals surface area contributed by atoms with E-state index in [1.54, 1.807) is 53.5 Å². The number of ether oxygens (including phenoxy) is 1. The standard InChI is InChI=1S/C19H17N3O4/c23-17-15-8-4-5-9-16(15)21(14-6-2-1-3-7-14)18(24)19(25)22(17)20-10-12-26-13-11-20/h1-9H,10-13H2. The molecule has 0 unspecified atom stereocenters. The van der Waals surface area contributed by atoms with Gasteiger partial charge in [0.2, 0.25) is 0 Å². The Morgan fingerprint density at radius 1 is 0.731 bits per heavy atom. The van der Waals surface area contributed by atoms with Gasteiger partial charge in [0.1, 0.15) is 0 Å². The van der Waals surface area contributed by atoms with E-state index in [-0.39, 0.29) is 0 Å². The summed E-state index contributed by atoms with van der Waals surface area (Å²) in [6.07, 6.45) is 0. The van der Waals surface area contributed by atoms with Gasteiger partial charge in [0.15, 0.2) is 0 Å². The number of hydrogen-bond donors (Lipinski definition) is 0. The lowest BCUT2D eigenvalue weighted by atomic mass is 10.2. The Hall–Kier alpha value is -3.19. The fraction of sp³-hybridized carbons (Fsp3) is 0.211. The van der Waals surface area contributed by atoms with Gasteiger partial charge in [-0.3, -0.25) is 19.0 Å². The van der Waals surface area contributed by atoms with Crippen LogP contribution in [-0.4, -0.2) is 35.5 Å². The van der Waals surface area contributed by atoms with Gasteiger partial charge in [-0.15, -0.1) is 0 Å². The first-order valence-corrected chi connectivity index (χ1v) is 8.38. The summed E-state index contributed by atoms with van der Waals surface area (Å²) < 4.78 is 7.56. The second-order valence-corrected chi connectivity index (χ2v) is 5.98. The molecule has 0 radical (unpaired) electrons. The Morgan fingerprint density at radius 2 is 1.38 bits per heavy atom. The van der Waals surface area contributed by atoms with Crippen molar-refractivity contribution >= 4 is 10.9 Å². The van der Waals surface area contributed by atoms with Crippen molar-refractivity contribution < 1.29 is 4.74 Å². The van der Waals surface area contributed by atoms with E-state index in [9.17, 15) is 14.4 Å². The highest BCUT2D eigenvalue weighted by atomic mass is 16.5. The fourth-order valence-electron chi connectivity index (χ4n) is 3.20. The number of aromatic nitrogens is 2. The molecule has 132 valence electrons. The van der Waals surface area contributed by atoms with Crippen molar-refractivity contribution in [1.82, 2.24) is 9.24 Å². The van der Waals surface area contributed by atoms with E-state index in [1.165, 1.54) is 4.57 Å². The number of fused-ring (bicyclic) bond motifs is 1. The first kappa shape index (κ1) is 16.3. The molecule has 1 saturated heterocycles. The highest BCUT2D eigenvalue weighted by Crippen LogP contribution is 2.12. The average molecular weight is 351 g/mol. The molecule has 1 aliphatic heterocycles. The first-order valence-electron chi connectivity index (χ1n) is 8.38. The molecule has 0 saturated carbocycles. The van der Waals surface area contributed by atoms with E-state index in [2.05, 4.69) is 0 Å². The SMILES string of the molecule is O=c1c(=O)n(-c2ccccc2)c2ccccc2c(=O)n1N1CCOCC1. The van der Waals surface area contributed by atoms with Gasteiger partial charge in [-0.05, 0) is 24.3 Å². The van der Waals surface area contributed by atoms with E-state index in [0.717, 1.165) is 4.68 Å². The van der Waals surface area contributed by atoms with Crippen molar-refractivity contribution in [2.45, 2.75) is 0 Å². The van der Waals surface area contributed by atoms with Gasteiger partial charge in [-0.2, -0.15) is 4.68 Å². The zero-order valence-electron chi connectivity index (χ0n) is 14.0. The third kappa shape index (κ3) is 2.62. The molecule has 2 heterocycles. The molecule has 0 aliphatic carbocycles. The van der Waals surface area contributed by atoms with Gasteiger partial charge in [0.05, 0.1) is 37.2 Å². The Balaban J connectivity index is 2.17. The van der Waals surface area contributed by atoms with Crippen LogP contribution >= 0.6 is 0 Å². The Kier molecular flexibility index (Phi) is 4.14. The quantitative estimate of drug-likeness (QED) is 0.628. The summed E-state index contributed by atoms with van der Waals surface area (Å²) in [5, 5.41) is 1.89. The molecule has 3 aromatic rings. The number of rotatable bonds is 2. The molecule has 7 heteroatoms. The molecule has 7 nitrogen and oxygen atoms in total. The maximum Gasteiger partial charge on any atom is 0.338 e. The van der Waals surface area contributed by atoms with Crippen molar-refractivity contribution in [2.24, 2.45) is 0 Å². The lowest BCUT2D eigenvalue weighted by molar-refractivity contribution is 0.110. The highest BCUT2D eigenvalue weighted by Gasteiger charge is 2.19. The molecule has 1 aromatic heterocycles. The molecule has 1 aliphatic rings. The topological polar surface area (TPSA) is 73.5 Å². The third-order valence-corrected chi connectivity index (χ3v) is 4.43. The lowest BCUT2D eigenvalue weighted by Crippen LogP contribution is -2.56. The number of morpholine rings is 1. The highest BCUT2D eigenvalue weighted by molar-refractivity contribution is 5.79. The minimum Gasteiger partial charge on any atom is -0.378 e. The Bertz CT molecular complexity index is 1130. The Labute approximate surface area is 148 Å². The van der Waals surface area contributed by atoms with Gasteiger partial charge in [0, 0.05) is 5.69 Å². The summed E-state index contributed by atoms with van der Waals surface area (Å²) in [5.74, 6) is 0. The molecule has 0 atom stereocenters. The van der Waals surface area contributed by atoms with Gasteiger partial charge in [-0.25, -0.2) is 0 Å². The zero-order chi connectivity index (χ0) is 18.1. The van der Waals surface area contributed by atoms with Crippen LogP contribution in [0.15, 0.2) is 69.0 Å². The van der Waals surface area contributed by atoms with Gasteiger partial charge >= 0.3 is 11.1 Å². The smallest absolute Gasteiger partial charge is 0.338 e. The van der Waals surface area contributed by atoms with Crippen LogP contribution in [0.3, 0.4) is 0 Å². The minimum atomic E-state index is -0.864. The van der Waals surface area contributed by atoms with E-state index in [0.29, 0.717) is 42.9 Å². The second kappa shape index (κ2) is 6.61. The molecule has 1 fully saturated rings. The summed E-state index contributed by atoms with van der Waals surface area (Å²) in [6.45, 7) is 1.54. The first-order chi connectivity index (χ1) is 12.7. The summed E-state index contributed by atoms with van der Waals surface area (Å²) in [4.78, 5) is 39.1. The van der Waals surface area contributed by atoms with E-state index in [4.69, 9.17) is 4.74 Å². The van der Waals surface area contributed by atoms with Crippen LogP contribution in [-0.2, 0) is 4.74 Å². The number of benzene rings is 2. The second-order valence-electron chi connectivity index (χ2n) is 5.98. The lowest BCUT2D eigenvalue weighted by Gasteiger charge is -2.28. The summed E-state index contributed by atoms with van der Waals surface area (Å²) in [6, 6.07) is 15.6. The molecule has 0 bridgehead atoms. The van der Waals surface area contributed by atoms with Crippen molar-refractivity contribution in [3.8, 4) is 5.69 Å².